The van der Waals surface area contributed by atoms with Gasteiger partial charge in [0, 0.05) is 54.8 Å². The smallest absolute Gasteiger partial charge is 0.283 e. The van der Waals surface area contributed by atoms with Gasteiger partial charge in [-0.05, 0) is 0 Å². The van der Waals surface area contributed by atoms with E-state index in [2.05, 4.69) is 0 Å². The molecule has 5 heteroatoms. The van der Waals surface area contributed by atoms with E-state index in [0.717, 1.165) is 6.26 Å². The molecule has 0 aromatic carbocycles. The van der Waals surface area contributed by atoms with E-state index in [1.807, 2.05) is 0 Å². The number of aliphatic hydroxyl groups is 1. The molecule has 2 nitrogen and oxygen atoms in total. The number of hydrogen-bond acceptors (Lipinski definition) is 2. The SMILES string of the molecule is N#CO.[Cu].[Li].[Li]. The summed E-state index contributed by atoms with van der Waals surface area (Å²) in [5.41, 5.74) is 0. The Morgan fingerprint density at radius 2 is 1.33 bits per heavy atom. The predicted molar refractivity (Wildman–Crippen MR) is 19.1 cm³/mol. The van der Waals surface area contributed by atoms with Gasteiger partial charge in [-0.3, -0.25) is 0 Å². The molecule has 0 bridgehead atoms. The summed E-state index contributed by atoms with van der Waals surface area (Å²) in [5.74, 6) is 0. The monoisotopic (exact) mass is 120 g/mol. The second kappa shape index (κ2) is 37.4. The normalized spacial score (nSPS) is 1.17. The number of nitriles is 1. The van der Waals surface area contributed by atoms with Crippen LogP contribution in [0, 0.1) is 11.5 Å². The van der Waals surface area contributed by atoms with E-state index in [4.69, 9.17) is 10.4 Å². The molecule has 0 fully saturated rings. The van der Waals surface area contributed by atoms with E-state index in [1.54, 1.807) is 0 Å². The fourth-order valence-corrected chi connectivity index (χ4v) is 0. The minimum atomic E-state index is 0. The van der Waals surface area contributed by atoms with Gasteiger partial charge in [-0.1, -0.05) is 0 Å². The van der Waals surface area contributed by atoms with Crippen LogP contribution in [0.3, 0.4) is 0 Å². The number of aliphatic hydroxyl groups excluding tert-OH is 1. The van der Waals surface area contributed by atoms with E-state index in [1.165, 1.54) is 0 Å². The van der Waals surface area contributed by atoms with Gasteiger partial charge in [-0.25, -0.2) is 0 Å². The molecule has 0 unspecified atom stereocenters. The van der Waals surface area contributed by atoms with Crippen LogP contribution in [0.4, 0.5) is 0 Å². The van der Waals surface area contributed by atoms with E-state index >= 15 is 0 Å². The molecule has 0 aromatic heterocycles. The van der Waals surface area contributed by atoms with Crippen molar-refractivity contribution >= 4 is 37.7 Å². The van der Waals surface area contributed by atoms with Crippen molar-refractivity contribution in [2.75, 3.05) is 0 Å². The Morgan fingerprint density at radius 1 is 1.33 bits per heavy atom. The minimum Gasteiger partial charge on any atom is -0.443 e. The summed E-state index contributed by atoms with van der Waals surface area (Å²) in [4.78, 5) is 0. The fraction of sp³-hybridized carbons (Fsp3) is 0. The maximum atomic E-state index is 6.88. The van der Waals surface area contributed by atoms with Gasteiger partial charge in [0.1, 0.15) is 0 Å². The van der Waals surface area contributed by atoms with Crippen LogP contribution in [0.25, 0.3) is 0 Å². The van der Waals surface area contributed by atoms with Gasteiger partial charge < -0.3 is 5.11 Å². The molecule has 0 aromatic rings. The zero-order chi connectivity index (χ0) is 2.71. The van der Waals surface area contributed by atoms with Crippen LogP contribution in [0.15, 0.2) is 0 Å². The summed E-state index contributed by atoms with van der Waals surface area (Å²) in [6.07, 6.45) is 0.750. The van der Waals surface area contributed by atoms with Crippen molar-refractivity contribution < 1.29 is 22.2 Å². The third-order valence-corrected chi connectivity index (χ3v) is 0. The summed E-state index contributed by atoms with van der Waals surface area (Å²) in [6.45, 7) is 0. The minimum absolute atomic E-state index is 0. The van der Waals surface area contributed by atoms with Gasteiger partial charge in [-0.2, -0.15) is 5.26 Å². The van der Waals surface area contributed by atoms with Crippen molar-refractivity contribution in [1.29, 1.82) is 5.26 Å². The van der Waals surface area contributed by atoms with Crippen LogP contribution >= 0.6 is 0 Å². The van der Waals surface area contributed by atoms with Crippen LogP contribution in [0.1, 0.15) is 0 Å². The van der Waals surface area contributed by atoms with E-state index in [9.17, 15) is 0 Å². The largest absolute Gasteiger partial charge is 0.443 e. The average molecular weight is 120 g/mol. The topological polar surface area (TPSA) is 44.0 Å². The van der Waals surface area contributed by atoms with Crippen molar-refractivity contribution in [2.45, 2.75) is 0 Å². The third kappa shape index (κ3) is 79.6. The van der Waals surface area contributed by atoms with Crippen molar-refractivity contribution in [3.8, 4) is 6.26 Å². The molecule has 0 saturated heterocycles. The molecule has 0 atom stereocenters. The molecular formula is CHCuLi2NO. The van der Waals surface area contributed by atoms with Gasteiger partial charge in [0.25, 0.3) is 6.26 Å². The molecule has 0 aliphatic heterocycles. The third-order valence-electron chi connectivity index (χ3n) is 0. The average Bonchev–Trinajstić information content (AvgIpc) is 0.918. The first kappa shape index (κ1) is 28.0. The van der Waals surface area contributed by atoms with Crippen LogP contribution in [-0.2, 0) is 17.1 Å². The van der Waals surface area contributed by atoms with Gasteiger partial charge in [0.15, 0.2) is 0 Å². The van der Waals surface area contributed by atoms with Crippen molar-refractivity contribution in [1.82, 2.24) is 0 Å². The Morgan fingerprint density at radius 3 is 1.33 bits per heavy atom. The maximum absolute atomic E-state index is 6.88. The molecule has 0 spiro atoms. The van der Waals surface area contributed by atoms with Gasteiger partial charge in [0.05, 0.1) is 0 Å². The summed E-state index contributed by atoms with van der Waals surface area (Å²) in [6, 6.07) is 0. The van der Waals surface area contributed by atoms with Gasteiger partial charge in [0.2, 0.25) is 0 Å². The standard InChI is InChI=1S/CHNO.Cu.2Li/c2-1-3;;;/h3H;;;. The molecule has 0 aliphatic carbocycles. The van der Waals surface area contributed by atoms with Crippen molar-refractivity contribution in [3.05, 3.63) is 0 Å². The summed E-state index contributed by atoms with van der Waals surface area (Å²) >= 11 is 0. The molecule has 29 valence electrons. The molecule has 6 heavy (non-hydrogen) atoms. The Bertz CT molecular complexity index is 35.0. The molecule has 0 aliphatic rings. The van der Waals surface area contributed by atoms with Crippen LogP contribution in [0.5, 0.6) is 0 Å². The van der Waals surface area contributed by atoms with Crippen molar-refractivity contribution in [2.24, 2.45) is 0 Å². The molecule has 0 amide bonds. The Kier molecular flexibility index (Phi) is 175. The van der Waals surface area contributed by atoms with E-state index < -0.39 is 0 Å². The second-order valence-electron chi connectivity index (χ2n) is 0.100. The summed E-state index contributed by atoms with van der Waals surface area (Å²) in [7, 11) is 0. The van der Waals surface area contributed by atoms with Gasteiger partial charge in [-0.15, -0.1) is 0 Å². The first-order chi connectivity index (χ1) is 1.41. The summed E-state index contributed by atoms with van der Waals surface area (Å²) in [5, 5.41) is 13.8. The molecule has 3 radical (unpaired) electrons. The Hall–Kier alpha value is 1.00. The molecule has 1 N–H and O–H groups in total. The zero-order valence-corrected chi connectivity index (χ0v) is 4.64. The van der Waals surface area contributed by atoms with Crippen LogP contribution < -0.4 is 0 Å². The fourth-order valence-electron chi connectivity index (χ4n) is 0. The number of hydrogen-bond donors (Lipinski definition) is 1. The maximum Gasteiger partial charge on any atom is 0.283 e. The van der Waals surface area contributed by atoms with Crippen molar-refractivity contribution in [3.63, 3.8) is 0 Å². The molecular weight excluding hydrogens is 119 g/mol. The predicted octanol–water partition coefficient (Wildman–Crippen LogP) is -0.924. The molecule has 0 saturated carbocycles. The van der Waals surface area contributed by atoms with Crippen LogP contribution in [-0.4, -0.2) is 42.8 Å². The first-order valence-corrected chi connectivity index (χ1v) is 0.447. The quantitative estimate of drug-likeness (QED) is 0.332. The first-order valence-electron chi connectivity index (χ1n) is 0.447. The zero-order valence-electron chi connectivity index (χ0n) is 3.70. The van der Waals surface area contributed by atoms with Gasteiger partial charge >= 0.3 is 0 Å². The van der Waals surface area contributed by atoms with E-state index in [0.29, 0.717) is 0 Å². The Balaban J connectivity index is -0.00000000667. The molecule has 0 heterocycles. The second-order valence-corrected chi connectivity index (χ2v) is 0.100. The molecule has 0 rings (SSSR count). The summed E-state index contributed by atoms with van der Waals surface area (Å²) < 4.78 is 0. The number of rotatable bonds is 0. The van der Waals surface area contributed by atoms with Crippen LogP contribution in [0.2, 0.25) is 0 Å². The van der Waals surface area contributed by atoms with E-state index in [-0.39, 0.29) is 54.8 Å². The Labute approximate surface area is 71.1 Å². The number of nitrogens with zero attached hydrogens (tertiary/aromatic N) is 1.